The van der Waals surface area contributed by atoms with Crippen LogP contribution in [-0.2, 0) is 4.79 Å². The Morgan fingerprint density at radius 1 is 1.28 bits per heavy atom. The fraction of sp³-hybridized carbons (Fsp3) is 0.368. The smallest absolute Gasteiger partial charge is 0.268 e. The first-order valence-electron chi connectivity index (χ1n) is 7.97. The summed E-state index contributed by atoms with van der Waals surface area (Å²) in [4.78, 5) is 23.8. The maximum atomic E-state index is 12.3. The molecule has 2 atom stereocenters. The zero-order chi connectivity index (χ0) is 18.4. The van der Waals surface area contributed by atoms with Gasteiger partial charge in [0.05, 0.1) is 6.10 Å². The van der Waals surface area contributed by atoms with Gasteiger partial charge in [0, 0.05) is 17.0 Å². The second-order valence-corrected chi connectivity index (χ2v) is 5.99. The Labute approximate surface area is 146 Å². The second-order valence-electron chi connectivity index (χ2n) is 5.99. The van der Waals surface area contributed by atoms with Crippen molar-refractivity contribution in [2.75, 3.05) is 0 Å². The van der Waals surface area contributed by atoms with Crippen LogP contribution in [0.1, 0.15) is 41.3 Å². The SMILES string of the molecule is Cc1cc(C#CC#CC2CC2)ccc1C(=O)N[C@H](C(=O)NO)[C@@H](C)O. The molecule has 1 aromatic carbocycles. The van der Waals surface area contributed by atoms with E-state index in [0.717, 1.165) is 18.4 Å². The third-order valence-electron chi connectivity index (χ3n) is 3.76. The Morgan fingerprint density at radius 2 is 2.00 bits per heavy atom. The van der Waals surface area contributed by atoms with Gasteiger partial charge in [-0.25, -0.2) is 5.48 Å². The van der Waals surface area contributed by atoms with Crippen molar-refractivity contribution >= 4 is 11.8 Å². The largest absolute Gasteiger partial charge is 0.391 e. The highest BCUT2D eigenvalue weighted by Crippen LogP contribution is 2.27. The lowest BCUT2D eigenvalue weighted by Gasteiger charge is -2.19. The number of hydrogen-bond donors (Lipinski definition) is 4. The molecule has 4 N–H and O–H groups in total. The molecule has 0 heterocycles. The van der Waals surface area contributed by atoms with Crippen LogP contribution < -0.4 is 10.8 Å². The molecule has 1 aliphatic rings. The number of carbonyl (C=O) groups excluding carboxylic acids is 2. The Bertz CT molecular complexity index is 789. The molecular weight excluding hydrogens is 320 g/mol. The lowest BCUT2D eigenvalue weighted by molar-refractivity contribution is -0.133. The summed E-state index contributed by atoms with van der Waals surface area (Å²) in [5.74, 6) is 10.7. The van der Waals surface area contributed by atoms with Crippen LogP contribution in [0.2, 0.25) is 0 Å². The molecule has 1 aliphatic carbocycles. The maximum Gasteiger partial charge on any atom is 0.268 e. The van der Waals surface area contributed by atoms with Gasteiger partial charge in [-0.2, -0.15) is 0 Å². The average molecular weight is 340 g/mol. The van der Waals surface area contributed by atoms with Crippen molar-refractivity contribution in [2.24, 2.45) is 5.92 Å². The van der Waals surface area contributed by atoms with Crippen molar-refractivity contribution in [1.29, 1.82) is 0 Å². The van der Waals surface area contributed by atoms with Gasteiger partial charge in [0.15, 0.2) is 0 Å². The summed E-state index contributed by atoms with van der Waals surface area (Å²) in [6, 6.07) is 3.79. The van der Waals surface area contributed by atoms with Crippen molar-refractivity contribution in [3.05, 3.63) is 34.9 Å². The number of aryl methyl sites for hydroxylation is 1. The number of nitrogens with one attached hydrogen (secondary N) is 2. The fourth-order valence-electron chi connectivity index (χ4n) is 2.16. The van der Waals surface area contributed by atoms with Crippen LogP contribution in [0.15, 0.2) is 18.2 Å². The highest BCUT2D eigenvalue weighted by molar-refractivity contribution is 5.98. The Kier molecular flexibility index (Phi) is 6.19. The zero-order valence-corrected chi connectivity index (χ0v) is 14.1. The quantitative estimate of drug-likeness (QED) is 0.369. The molecule has 0 aromatic heterocycles. The standard InChI is InChI=1S/C19H20N2O4/c1-12-11-15(6-4-3-5-14-7-8-14)9-10-16(12)18(23)20-17(13(2)22)19(24)21-25/h9-11,13-14,17,22,25H,7-8H2,1-2H3,(H,20,23)(H,21,24)/t13-,17+/m1/s1. The minimum absolute atomic E-state index is 0.353. The summed E-state index contributed by atoms with van der Waals surface area (Å²) in [5.41, 5.74) is 3.19. The highest BCUT2D eigenvalue weighted by atomic mass is 16.5. The summed E-state index contributed by atoms with van der Waals surface area (Å²) >= 11 is 0. The molecule has 2 amide bonds. The van der Waals surface area contributed by atoms with E-state index >= 15 is 0 Å². The van der Waals surface area contributed by atoms with Crippen molar-refractivity contribution < 1.29 is 19.9 Å². The number of aliphatic hydroxyl groups is 1. The van der Waals surface area contributed by atoms with E-state index in [1.54, 1.807) is 25.1 Å². The summed E-state index contributed by atoms with van der Waals surface area (Å²) in [6.45, 7) is 3.09. The average Bonchev–Trinajstić information content (AvgIpc) is 3.39. The first-order chi connectivity index (χ1) is 11.9. The second kappa shape index (κ2) is 8.34. The molecular formula is C19H20N2O4. The monoisotopic (exact) mass is 340 g/mol. The van der Waals surface area contributed by atoms with Crippen LogP contribution in [0.5, 0.6) is 0 Å². The zero-order valence-electron chi connectivity index (χ0n) is 14.1. The minimum Gasteiger partial charge on any atom is -0.391 e. The van der Waals surface area contributed by atoms with Crippen LogP contribution in [0.3, 0.4) is 0 Å². The van der Waals surface area contributed by atoms with Crippen LogP contribution in [0, 0.1) is 36.5 Å². The lowest BCUT2D eigenvalue weighted by Crippen LogP contribution is -2.51. The molecule has 1 fully saturated rings. The van der Waals surface area contributed by atoms with Crippen LogP contribution in [-0.4, -0.2) is 34.3 Å². The van der Waals surface area contributed by atoms with E-state index in [1.165, 1.54) is 12.4 Å². The number of benzene rings is 1. The summed E-state index contributed by atoms with van der Waals surface area (Å²) in [5, 5.41) is 20.6. The van der Waals surface area contributed by atoms with Gasteiger partial charge in [0.2, 0.25) is 0 Å². The molecule has 0 spiro atoms. The molecule has 1 saturated carbocycles. The molecule has 0 bridgehead atoms. The van der Waals surface area contributed by atoms with E-state index < -0.39 is 24.0 Å². The Morgan fingerprint density at radius 3 is 2.56 bits per heavy atom. The van der Waals surface area contributed by atoms with E-state index in [1.807, 2.05) is 0 Å². The molecule has 0 saturated heterocycles. The number of rotatable bonds is 4. The lowest BCUT2D eigenvalue weighted by atomic mass is 10.0. The normalized spacial score (nSPS) is 14.9. The van der Waals surface area contributed by atoms with Gasteiger partial charge in [-0.3, -0.25) is 14.8 Å². The van der Waals surface area contributed by atoms with Crippen molar-refractivity contribution in [3.63, 3.8) is 0 Å². The number of aliphatic hydroxyl groups excluding tert-OH is 1. The number of carbonyl (C=O) groups is 2. The molecule has 6 nitrogen and oxygen atoms in total. The van der Waals surface area contributed by atoms with Crippen molar-refractivity contribution in [3.8, 4) is 23.7 Å². The third-order valence-corrected chi connectivity index (χ3v) is 3.76. The van der Waals surface area contributed by atoms with Crippen LogP contribution in [0.4, 0.5) is 0 Å². The first kappa shape index (κ1) is 18.5. The van der Waals surface area contributed by atoms with E-state index in [0.29, 0.717) is 17.0 Å². The van der Waals surface area contributed by atoms with Crippen molar-refractivity contribution in [2.45, 2.75) is 38.8 Å². The minimum atomic E-state index is -1.26. The highest BCUT2D eigenvalue weighted by Gasteiger charge is 2.26. The predicted molar refractivity (Wildman–Crippen MR) is 91.4 cm³/mol. The molecule has 0 unspecified atom stereocenters. The predicted octanol–water partition coefficient (Wildman–Crippen LogP) is 0.745. The van der Waals surface area contributed by atoms with Gasteiger partial charge >= 0.3 is 0 Å². The Hall–Kier alpha value is -2.80. The molecule has 2 rings (SSSR count). The number of amides is 2. The van der Waals surface area contributed by atoms with Gasteiger partial charge in [0.1, 0.15) is 6.04 Å². The van der Waals surface area contributed by atoms with Crippen LogP contribution >= 0.6 is 0 Å². The van der Waals surface area contributed by atoms with Gasteiger partial charge in [-0.05, 0) is 62.3 Å². The molecule has 0 radical (unpaired) electrons. The fourth-order valence-corrected chi connectivity index (χ4v) is 2.16. The topological polar surface area (TPSA) is 98.7 Å². The summed E-state index contributed by atoms with van der Waals surface area (Å²) in [7, 11) is 0. The van der Waals surface area contributed by atoms with Crippen LogP contribution in [0.25, 0.3) is 0 Å². The van der Waals surface area contributed by atoms with Gasteiger partial charge in [-0.1, -0.05) is 11.8 Å². The van der Waals surface area contributed by atoms with E-state index in [4.69, 9.17) is 5.21 Å². The molecule has 25 heavy (non-hydrogen) atoms. The Balaban J connectivity index is 2.09. The summed E-state index contributed by atoms with van der Waals surface area (Å²) in [6.07, 6.45) is 1.14. The number of hydroxylamine groups is 1. The van der Waals surface area contributed by atoms with Gasteiger partial charge in [-0.15, -0.1) is 0 Å². The third kappa shape index (κ3) is 5.36. The van der Waals surface area contributed by atoms with E-state index in [2.05, 4.69) is 29.0 Å². The van der Waals surface area contributed by atoms with Crippen molar-refractivity contribution in [1.82, 2.24) is 10.8 Å². The molecule has 1 aromatic rings. The van der Waals surface area contributed by atoms with E-state index in [9.17, 15) is 14.7 Å². The van der Waals surface area contributed by atoms with Gasteiger partial charge in [0.25, 0.3) is 11.8 Å². The molecule has 130 valence electrons. The van der Waals surface area contributed by atoms with E-state index in [-0.39, 0.29) is 0 Å². The summed E-state index contributed by atoms with van der Waals surface area (Å²) < 4.78 is 0. The molecule has 6 heteroatoms. The molecule has 0 aliphatic heterocycles. The first-order valence-corrected chi connectivity index (χ1v) is 7.97. The van der Waals surface area contributed by atoms with Gasteiger partial charge < -0.3 is 10.4 Å². The number of hydrogen-bond acceptors (Lipinski definition) is 4. The maximum absolute atomic E-state index is 12.3.